The summed E-state index contributed by atoms with van der Waals surface area (Å²) in [7, 11) is 4.08. The zero-order valence-corrected chi connectivity index (χ0v) is 35.3. The molecule has 320 valence electrons. The van der Waals surface area contributed by atoms with Gasteiger partial charge in [-0.1, -0.05) is 62.4 Å². The average molecular weight is 824 g/mol. The van der Waals surface area contributed by atoms with Crippen LogP contribution in [0.4, 0.5) is 9.59 Å². The second kappa shape index (κ2) is 18.6. The van der Waals surface area contributed by atoms with Gasteiger partial charge in [0.05, 0.1) is 56.6 Å². The molecule has 15 nitrogen and oxygen atoms in total. The molecule has 3 aliphatic rings. The van der Waals surface area contributed by atoms with Gasteiger partial charge in [0.15, 0.2) is 0 Å². The van der Waals surface area contributed by atoms with E-state index in [4.69, 9.17) is 23.9 Å². The van der Waals surface area contributed by atoms with Gasteiger partial charge in [-0.2, -0.15) is 0 Å². The standard InChI is InChI=1S/C45H57N7O8/c1-26(2)36(49-44(55)58-5)42(53)51-23-9-13-34(51)39-32-11-10-24-60-40(32)38(48-39)31-20-16-29(17-21-31)28-14-18-30(19-15-28)33-25-46-41(47-33)35-12-7-8-22-52(35)43(54)37(27(3)57-4)50-45(56)59-6/h14-21,25-27,34-37,48H,7-13,22-24H2,1-6H3,(H,46,47)(H,49,55)(H,50,56)/t27-,34+,35+,36+,37+/m1/s1. The quantitative estimate of drug-likeness (QED) is 0.118. The summed E-state index contributed by atoms with van der Waals surface area (Å²) in [5.41, 5.74) is 7.94. The monoisotopic (exact) mass is 823 g/mol. The molecule has 15 heteroatoms. The second-order valence-corrected chi connectivity index (χ2v) is 16.2. The van der Waals surface area contributed by atoms with Crippen molar-refractivity contribution in [2.75, 3.05) is 41.0 Å². The van der Waals surface area contributed by atoms with Crippen molar-refractivity contribution in [3.8, 4) is 39.4 Å². The first-order valence-electron chi connectivity index (χ1n) is 21.0. The molecule has 2 saturated heterocycles. The van der Waals surface area contributed by atoms with Gasteiger partial charge < -0.3 is 49.3 Å². The number of likely N-dealkylation sites (tertiary alicyclic amines) is 2. The summed E-state index contributed by atoms with van der Waals surface area (Å²) < 4.78 is 21.4. The van der Waals surface area contributed by atoms with Crippen LogP contribution < -0.4 is 15.4 Å². The Kier molecular flexibility index (Phi) is 13.1. The Bertz CT molecular complexity index is 2150. The summed E-state index contributed by atoms with van der Waals surface area (Å²) in [5, 5.41) is 5.40. The molecule has 5 atom stereocenters. The topological polar surface area (TPSA) is 180 Å². The van der Waals surface area contributed by atoms with Gasteiger partial charge in [-0.05, 0) is 74.5 Å². The number of rotatable bonds is 12. The van der Waals surface area contributed by atoms with E-state index < -0.39 is 30.4 Å². The molecule has 0 spiro atoms. The molecule has 4 aromatic rings. The Morgan fingerprint density at radius 3 is 1.97 bits per heavy atom. The zero-order chi connectivity index (χ0) is 42.5. The maximum atomic E-state index is 13.9. The number of alkyl carbamates (subject to hydrolysis) is 2. The zero-order valence-electron chi connectivity index (χ0n) is 35.3. The number of ether oxygens (including phenoxy) is 4. The Morgan fingerprint density at radius 1 is 0.733 bits per heavy atom. The fraction of sp³-hybridized carbons (Fsp3) is 0.489. The predicted molar refractivity (Wildman–Crippen MR) is 225 cm³/mol. The molecule has 60 heavy (non-hydrogen) atoms. The van der Waals surface area contributed by atoms with Crippen LogP contribution in [0, 0.1) is 5.92 Å². The van der Waals surface area contributed by atoms with E-state index >= 15 is 0 Å². The van der Waals surface area contributed by atoms with Crippen LogP contribution in [-0.2, 0) is 30.2 Å². The average Bonchev–Trinajstić information content (AvgIpc) is 4.06. The van der Waals surface area contributed by atoms with Gasteiger partial charge in [0, 0.05) is 37.0 Å². The maximum absolute atomic E-state index is 13.9. The van der Waals surface area contributed by atoms with Crippen molar-refractivity contribution in [3.05, 3.63) is 71.8 Å². The third kappa shape index (κ3) is 8.72. The molecular weight excluding hydrogens is 767 g/mol. The van der Waals surface area contributed by atoms with Gasteiger partial charge >= 0.3 is 12.2 Å². The van der Waals surface area contributed by atoms with E-state index in [2.05, 4.69) is 69.1 Å². The van der Waals surface area contributed by atoms with Gasteiger partial charge in [0.25, 0.3) is 0 Å². The summed E-state index contributed by atoms with van der Waals surface area (Å²) in [6, 6.07) is 14.7. The number of nitrogens with one attached hydrogen (secondary N) is 4. The van der Waals surface area contributed by atoms with E-state index in [1.807, 2.05) is 18.7 Å². The predicted octanol–water partition coefficient (Wildman–Crippen LogP) is 6.92. The number of H-pyrrole nitrogens is 2. The minimum atomic E-state index is -0.903. The lowest BCUT2D eigenvalue weighted by molar-refractivity contribution is -0.140. The molecule has 0 saturated carbocycles. The molecule has 2 aromatic carbocycles. The highest BCUT2D eigenvalue weighted by Gasteiger charge is 2.40. The molecule has 0 bridgehead atoms. The molecule has 0 aliphatic carbocycles. The number of fused-ring (bicyclic) bond motifs is 1. The smallest absolute Gasteiger partial charge is 0.407 e. The molecule has 2 aromatic heterocycles. The first-order valence-corrected chi connectivity index (χ1v) is 21.0. The highest BCUT2D eigenvalue weighted by Crippen LogP contribution is 2.45. The molecule has 0 radical (unpaired) electrons. The second-order valence-electron chi connectivity index (χ2n) is 16.2. The minimum absolute atomic E-state index is 0.108. The van der Waals surface area contributed by atoms with Gasteiger partial charge in [-0.15, -0.1) is 0 Å². The molecule has 4 N–H and O–H groups in total. The van der Waals surface area contributed by atoms with Crippen LogP contribution in [0.25, 0.3) is 33.6 Å². The molecular formula is C45H57N7O8. The van der Waals surface area contributed by atoms with Crippen molar-refractivity contribution < 1.29 is 38.1 Å². The van der Waals surface area contributed by atoms with Crippen LogP contribution in [0.1, 0.15) is 88.5 Å². The van der Waals surface area contributed by atoms with Crippen LogP contribution in [0.3, 0.4) is 0 Å². The fourth-order valence-electron chi connectivity index (χ4n) is 8.75. The normalized spacial score (nSPS) is 19.2. The van der Waals surface area contributed by atoms with Crippen molar-refractivity contribution in [1.82, 2.24) is 35.4 Å². The summed E-state index contributed by atoms with van der Waals surface area (Å²) >= 11 is 0. The van der Waals surface area contributed by atoms with Crippen LogP contribution in [0.2, 0.25) is 0 Å². The fourth-order valence-corrected chi connectivity index (χ4v) is 8.75. The third-order valence-corrected chi connectivity index (χ3v) is 12.1. The number of aromatic amines is 2. The first-order chi connectivity index (χ1) is 29.0. The number of carbonyl (C=O) groups excluding carboxylic acids is 4. The molecule has 5 heterocycles. The number of methoxy groups -OCH3 is 3. The molecule has 3 aliphatic heterocycles. The summed E-state index contributed by atoms with van der Waals surface area (Å²) in [5.74, 6) is 1.09. The van der Waals surface area contributed by atoms with E-state index in [1.54, 1.807) is 18.0 Å². The van der Waals surface area contributed by atoms with E-state index in [1.165, 1.54) is 21.3 Å². The van der Waals surface area contributed by atoms with Crippen LogP contribution in [0.15, 0.2) is 54.7 Å². The lowest BCUT2D eigenvalue weighted by Gasteiger charge is -2.37. The number of imidazole rings is 1. The van der Waals surface area contributed by atoms with E-state index in [-0.39, 0.29) is 29.8 Å². The number of piperidine rings is 1. The largest absolute Gasteiger partial charge is 0.491 e. The highest BCUT2D eigenvalue weighted by molar-refractivity contribution is 5.87. The van der Waals surface area contributed by atoms with Crippen molar-refractivity contribution in [2.45, 2.75) is 96.0 Å². The number of benzene rings is 2. The first kappa shape index (κ1) is 42.3. The van der Waals surface area contributed by atoms with Crippen LogP contribution >= 0.6 is 0 Å². The van der Waals surface area contributed by atoms with Crippen LogP contribution in [0.5, 0.6) is 5.75 Å². The van der Waals surface area contributed by atoms with Crippen molar-refractivity contribution in [2.24, 2.45) is 5.92 Å². The SMILES string of the molecule is COC(=O)N[C@H](C(=O)N1CCC[C@H]1c1[nH]c(-c2ccc(-c3ccc(-c4cnc([C@@H]5CCCCN5C(=O)[C@@H](NC(=O)OC)[C@@H](C)OC)[nH]4)cc3)cc2)c2c1CCCO2)C(C)C. The Labute approximate surface area is 350 Å². The third-order valence-electron chi connectivity index (χ3n) is 12.1. The maximum Gasteiger partial charge on any atom is 0.407 e. The number of hydrogen-bond acceptors (Lipinski definition) is 9. The minimum Gasteiger partial charge on any atom is -0.491 e. The van der Waals surface area contributed by atoms with E-state index in [0.717, 1.165) is 95.6 Å². The lowest BCUT2D eigenvalue weighted by Crippen LogP contribution is -2.55. The van der Waals surface area contributed by atoms with Gasteiger partial charge in [0.2, 0.25) is 11.8 Å². The summed E-state index contributed by atoms with van der Waals surface area (Å²) in [6.07, 6.45) is 5.92. The van der Waals surface area contributed by atoms with Crippen molar-refractivity contribution >= 4 is 24.0 Å². The van der Waals surface area contributed by atoms with Gasteiger partial charge in [-0.3, -0.25) is 9.59 Å². The molecule has 2 fully saturated rings. The number of carbonyl (C=O) groups is 4. The van der Waals surface area contributed by atoms with E-state index in [9.17, 15) is 19.2 Å². The number of aromatic nitrogens is 3. The van der Waals surface area contributed by atoms with Crippen molar-refractivity contribution in [1.29, 1.82) is 0 Å². The summed E-state index contributed by atoms with van der Waals surface area (Å²) in [6.45, 7) is 7.37. The van der Waals surface area contributed by atoms with Gasteiger partial charge in [0.1, 0.15) is 23.7 Å². The molecule has 0 unspecified atom stereocenters. The Hall–Kier alpha value is -5.83. The Balaban J connectivity index is 1.07. The number of amides is 4. The van der Waals surface area contributed by atoms with E-state index in [0.29, 0.717) is 25.5 Å². The number of nitrogens with zero attached hydrogens (tertiary/aromatic N) is 3. The molecule has 4 amide bonds. The van der Waals surface area contributed by atoms with Gasteiger partial charge in [-0.25, -0.2) is 14.6 Å². The van der Waals surface area contributed by atoms with Crippen LogP contribution in [-0.4, -0.2) is 108 Å². The molecule has 7 rings (SSSR count). The Morgan fingerprint density at radius 2 is 1.32 bits per heavy atom. The number of hydrogen-bond donors (Lipinski definition) is 4. The lowest BCUT2D eigenvalue weighted by atomic mass is 9.98. The van der Waals surface area contributed by atoms with Crippen molar-refractivity contribution in [3.63, 3.8) is 0 Å². The summed E-state index contributed by atoms with van der Waals surface area (Å²) in [4.78, 5) is 67.5. The highest BCUT2D eigenvalue weighted by atomic mass is 16.5.